The van der Waals surface area contributed by atoms with Crippen molar-refractivity contribution in [3.05, 3.63) is 28.2 Å². The lowest BCUT2D eigenvalue weighted by atomic mass is 10.1. The van der Waals surface area contributed by atoms with Crippen molar-refractivity contribution in [3.8, 4) is 0 Å². The Labute approximate surface area is 125 Å². The number of nitrogens with one attached hydrogen (secondary N) is 1. The number of nitrogens with zero attached hydrogens (tertiary/aromatic N) is 4. The predicted octanol–water partition coefficient (Wildman–Crippen LogP) is 2.37. The van der Waals surface area contributed by atoms with E-state index in [0.717, 1.165) is 35.7 Å². The first kappa shape index (κ1) is 15.3. The minimum absolute atomic E-state index is 0.317. The third-order valence-corrected chi connectivity index (χ3v) is 3.86. The molecule has 0 atom stereocenters. The average molecular weight is 288 g/mol. The topological polar surface area (TPSA) is 81.7 Å². The van der Waals surface area contributed by atoms with Crippen molar-refractivity contribution in [1.82, 2.24) is 19.7 Å². The summed E-state index contributed by atoms with van der Waals surface area (Å²) in [4.78, 5) is 8.58. The fraction of sp³-hybridized carbons (Fsp3) is 0.533. The van der Waals surface area contributed by atoms with Crippen LogP contribution in [0.1, 0.15) is 42.1 Å². The molecule has 114 valence electrons. The van der Waals surface area contributed by atoms with Crippen LogP contribution in [-0.2, 0) is 19.5 Å². The van der Waals surface area contributed by atoms with E-state index in [1.165, 1.54) is 11.3 Å². The number of aromatic nitrogens is 4. The van der Waals surface area contributed by atoms with E-state index in [1.807, 2.05) is 18.5 Å². The third-order valence-electron chi connectivity index (χ3n) is 3.86. The van der Waals surface area contributed by atoms with Gasteiger partial charge in [0.15, 0.2) is 0 Å². The van der Waals surface area contributed by atoms with Gasteiger partial charge in [0.2, 0.25) is 5.95 Å². The molecule has 0 aliphatic heterocycles. The molecule has 0 aliphatic carbocycles. The van der Waals surface area contributed by atoms with Gasteiger partial charge in [0.1, 0.15) is 5.82 Å². The highest BCUT2D eigenvalue weighted by atomic mass is 15.3. The molecule has 0 saturated heterocycles. The second-order valence-corrected chi connectivity index (χ2v) is 5.17. The number of hydrogen-bond donors (Lipinski definition) is 2. The van der Waals surface area contributed by atoms with Crippen LogP contribution in [0.15, 0.2) is 0 Å². The van der Waals surface area contributed by atoms with Crippen LogP contribution in [0, 0.1) is 20.8 Å². The molecule has 21 heavy (non-hydrogen) atoms. The van der Waals surface area contributed by atoms with Gasteiger partial charge in [-0.3, -0.25) is 4.68 Å². The number of nitrogens with two attached hydrogens (primary N) is 1. The zero-order valence-corrected chi connectivity index (χ0v) is 13.5. The Bertz CT molecular complexity index is 644. The molecule has 2 heterocycles. The molecule has 0 aliphatic rings. The largest absolute Gasteiger partial charge is 0.368 e. The van der Waals surface area contributed by atoms with Gasteiger partial charge in [0, 0.05) is 29.9 Å². The van der Waals surface area contributed by atoms with Gasteiger partial charge in [-0.25, -0.2) is 4.98 Å². The smallest absolute Gasteiger partial charge is 0.222 e. The molecule has 2 aromatic rings. The van der Waals surface area contributed by atoms with Crippen LogP contribution in [-0.4, -0.2) is 19.7 Å². The Balaban J connectivity index is 2.25. The third kappa shape index (κ3) is 2.99. The summed E-state index contributed by atoms with van der Waals surface area (Å²) < 4.78 is 2.02. The minimum Gasteiger partial charge on any atom is -0.368 e. The molecule has 0 amide bonds. The summed E-state index contributed by atoms with van der Waals surface area (Å²) in [5, 5.41) is 7.91. The van der Waals surface area contributed by atoms with Gasteiger partial charge in [-0.15, -0.1) is 0 Å². The van der Waals surface area contributed by atoms with Crippen LogP contribution in [0.2, 0.25) is 0 Å². The summed E-state index contributed by atoms with van der Waals surface area (Å²) >= 11 is 0. The van der Waals surface area contributed by atoms with E-state index >= 15 is 0 Å². The standard InChI is InChI=1S/C15H24N6/c1-6-13-9(3)14(19-15(16)18-13)17-8-12-10(4)20-21(7-2)11(12)5/h6-8H2,1-5H3,(H3,16,17,18,19). The molecule has 6 heteroatoms. The van der Waals surface area contributed by atoms with E-state index in [9.17, 15) is 0 Å². The van der Waals surface area contributed by atoms with Gasteiger partial charge in [-0.1, -0.05) is 6.92 Å². The molecule has 0 aromatic carbocycles. The van der Waals surface area contributed by atoms with E-state index < -0.39 is 0 Å². The van der Waals surface area contributed by atoms with E-state index in [2.05, 4.69) is 41.2 Å². The van der Waals surface area contributed by atoms with E-state index in [0.29, 0.717) is 12.5 Å². The summed E-state index contributed by atoms with van der Waals surface area (Å²) in [5.74, 6) is 1.13. The fourth-order valence-electron chi connectivity index (χ4n) is 2.57. The van der Waals surface area contributed by atoms with Gasteiger partial charge >= 0.3 is 0 Å². The maximum Gasteiger partial charge on any atom is 0.222 e. The Morgan fingerprint density at radius 3 is 2.43 bits per heavy atom. The monoisotopic (exact) mass is 288 g/mol. The summed E-state index contributed by atoms with van der Waals surface area (Å²) in [7, 11) is 0. The zero-order chi connectivity index (χ0) is 15.6. The first-order valence-corrected chi connectivity index (χ1v) is 7.37. The molecule has 0 bridgehead atoms. The van der Waals surface area contributed by atoms with Crippen molar-refractivity contribution in [2.45, 2.75) is 54.1 Å². The Morgan fingerprint density at radius 1 is 1.14 bits per heavy atom. The highest BCUT2D eigenvalue weighted by Crippen LogP contribution is 2.20. The van der Waals surface area contributed by atoms with Crippen molar-refractivity contribution in [1.29, 1.82) is 0 Å². The summed E-state index contributed by atoms with van der Waals surface area (Å²) in [6, 6.07) is 0. The van der Waals surface area contributed by atoms with Crippen LogP contribution >= 0.6 is 0 Å². The molecular formula is C15H24N6. The first-order chi connectivity index (χ1) is 9.97. The lowest BCUT2D eigenvalue weighted by Gasteiger charge is -2.12. The van der Waals surface area contributed by atoms with Gasteiger partial charge in [-0.2, -0.15) is 10.1 Å². The average Bonchev–Trinajstić information content (AvgIpc) is 2.74. The highest BCUT2D eigenvalue weighted by molar-refractivity contribution is 5.49. The summed E-state index contributed by atoms with van der Waals surface area (Å²) in [6.07, 6.45) is 0.846. The summed E-state index contributed by atoms with van der Waals surface area (Å²) in [5.41, 5.74) is 11.3. The molecule has 0 radical (unpaired) electrons. The van der Waals surface area contributed by atoms with E-state index in [4.69, 9.17) is 5.73 Å². The maximum absolute atomic E-state index is 5.78. The van der Waals surface area contributed by atoms with Gasteiger partial charge in [0.25, 0.3) is 0 Å². The zero-order valence-electron chi connectivity index (χ0n) is 13.5. The van der Waals surface area contributed by atoms with Crippen molar-refractivity contribution < 1.29 is 0 Å². The number of hydrogen-bond acceptors (Lipinski definition) is 5. The molecule has 2 aromatic heterocycles. The molecule has 6 nitrogen and oxygen atoms in total. The minimum atomic E-state index is 0.317. The molecule has 2 rings (SSSR count). The van der Waals surface area contributed by atoms with Crippen LogP contribution < -0.4 is 11.1 Å². The van der Waals surface area contributed by atoms with Gasteiger partial charge in [-0.05, 0) is 34.1 Å². The lowest BCUT2D eigenvalue weighted by Crippen LogP contribution is -2.10. The molecule has 0 fully saturated rings. The Hall–Kier alpha value is -2.11. The fourth-order valence-corrected chi connectivity index (χ4v) is 2.57. The normalized spacial score (nSPS) is 10.9. The lowest BCUT2D eigenvalue weighted by molar-refractivity contribution is 0.633. The van der Waals surface area contributed by atoms with Gasteiger partial charge in [0.05, 0.1) is 11.4 Å². The predicted molar refractivity (Wildman–Crippen MR) is 85.3 cm³/mol. The number of aryl methyl sites for hydroxylation is 3. The van der Waals surface area contributed by atoms with Crippen molar-refractivity contribution in [2.75, 3.05) is 11.1 Å². The van der Waals surface area contributed by atoms with Crippen molar-refractivity contribution >= 4 is 11.8 Å². The van der Waals surface area contributed by atoms with E-state index in [1.54, 1.807) is 0 Å². The Kier molecular flexibility index (Phi) is 4.45. The Morgan fingerprint density at radius 2 is 1.86 bits per heavy atom. The van der Waals surface area contributed by atoms with Crippen LogP contribution in [0.4, 0.5) is 11.8 Å². The molecule has 0 unspecified atom stereocenters. The van der Waals surface area contributed by atoms with Gasteiger partial charge < -0.3 is 11.1 Å². The number of anilines is 2. The van der Waals surface area contributed by atoms with E-state index in [-0.39, 0.29) is 0 Å². The summed E-state index contributed by atoms with van der Waals surface area (Å²) in [6.45, 7) is 11.9. The molecule has 3 N–H and O–H groups in total. The van der Waals surface area contributed by atoms with Crippen LogP contribution in [0.3, 0.4) is 0 Å². The second-order valence-electron chi connectivity index (χ2n) is 5.17. The van der Waals surface area contributed by atoms with Crippen molar-refractivity contribution in [3.63, 3.8) is 0 Å². The second kappa shape index (κ2) is 6.11. The quantitative estimate of drug-likeness (QED) is 0.882. The molecule has 0 saturated carbocycles. The maximum atomic E-state index is 5.78. The molecular weight excluding hydrogens is 264 g/mol. The van der Waals surface area contributed by atoms with Crippen LogP contribution in [0.5, 0.6) is 0 Å². The highest BCUT2D eigenvalue weighted by Gasteiger charge is 2.12. The van der Waals surface area contributed by atoms with Crippen molar-refractivity contribution in [2.24, 2.45) is 0 Å². The first-order valence-electron chi connectivity index (χ1n) is 7.37. The van der Waals surface area contributed by atoms with Crippen LogP contribution in [0.25, 0.3) is 0 Å². The SMILES string of the molecule is CCc1nc(N)nc(NCc2c(C)nn(CC)c2C)c1C. The number of nitrogen functional groups attached to an aromatic ring is 1. The molecule has 0 spiro atoms. The number of rotatable bonds is 5.